The van der Waals surface area contributed by atoms with Crippen molar-refractivity contribution in [3.8, 4) is 28.7 Å². The number of benzene rings is 2. The van der Waals surface area contributed by atoms with Crippen LogP contribution < -0.4 is 29.4 Å². The van der Waals surface area contributed by atoms with Gasteiger partial charge in [0.05, 0.1) is 26.8 Å². The predicted octanol–water partition coefficient (Wildman–Crippen LogP) is 4.00. The summed E-state index contributed by atoms with van der Waals surface area (Å²) in [6, 6.07) is 7.86. The van der Waals surface area contributed by atoms with Crippen LogP contribution in [0.1, 0.15) is 18.4 Å². The maximum atomic E-state index is 6.16. The van der Waals surface area contributed by atoms with Crippen molar-refractivity contribution in [3.05, 3.63) is 29.8 Å². The summed E-state index contributed by atoms with van der Waals surface area (Å²) in [7, 11) is 4.92. The minimum atomic E-state index is 0.0509. The molecule has 1 fully saturated rings. The van der Waals surface area contributed by atoms with Gasteiger partial charge in [0.1, 0.15) is 17.4 Å². The highest BCUT2D eigenvalue weighted by molar-refractivity contribution is 7.22. The zero-order chi connectivity index (χ0) is 23.7. The molecule has 1 atom stereocenters. The van der Waals surface area contributed by atoms with Crippen LogP contribution >= 0.6 is 11.3 Å². The number of rotatable bonds is 7. The van der Waals surface area contributed by atoms with E-state index >= 15 is 0 Å². The minimum absolute atomic E-state index is 0.0509. The van der Waals surface area contributed by atoms with Gasteiger partial charge in [-0.2, -0.15) is 0 Å². The molecule has 0 saturated carbocycles. The van der Waals surface area contributed by atoms with Crippen molar-refractivity contribution < 1.29 is 23.7 Å². The lowest BCUT2D eigenvalue weighted by Crippen LogP contribution is -2.44. The van der Waals surface area contributed by atoms with Crippen LogP contribution in [0.5, 0.6) is 28.7 Å². The van der Waals surface area contributed by atoms with Crippen LogP contribution in [0.25, 0.3) is 10.2 Å². The van der Waals surface area contributed by atoms with Gasteiger partial charge in [0.25, 0.3) is 0 Å². The van der Waals surface area contributed by atoms with Crippen LogP contribution in [-0.4, -0.2) is 63.6 Å². The number of aromatic nitrogens is 1. The number of piperidine rings is 1. The van der Waals surface area contributed by atoms with Crippen molar-refractivity contribution in [2.24, 2.45) is 5.92 Å². The number of hydrogen-bond donors (Lipinski definition) is 1. The number of ether oxygens (including phenoxy) is 5. The Bertz CT molecular complexity index is 1160. The molecule has 0 aliphatic carbocycles. The average Bonchev–Trinajstić information content (AvgIpc) is 3.25. The summed E-state index contributed by atoms with van der Waals surface area (Å²) in [5, 5.41) is 0.510. The molecule has 2 aliphatic heterocycles. The van der Waals surface area contributed by atoms with Crippen LogP contribution in [0, 0.1) is 5.92 Å². The summed E-state index contributed by atoms with van der Waals surface area (Å²) in [5.74, 6) is 4.09. The van der Waals surface area contributed by atoms with E-state index in [0.717, 1.165) is 66.2 Å². The van der Waals surface area contributed by atoms with E-state index in [2.05, 4.69) is 9.88 Å². The zero-order valence-electron chi connectivity index (χ0n) is 19.8. The number of nitrogens with zero attached hydrogens (tertiary/aromatic N) is 2. The number of methoxy groups -OCH3 is 3. The molecule has 3 heterocycles. The topological polar surface area (TPSA) is 88.3 Å². The lowest BCUT2D eigenvalue weighted by atomic mass is 9.89. The van der Waals surface area contributed by atoms with Crippen LogP contribution in [0.3, 0.4) is 0 Å². The maximum absolute atomic E-state index is 6.16. The molecule has 3 aromatic rings. The van der Waals surface area contributed by atoms with Crippen molar-refractivity contribution in [2.45, 2.75) is 25.4 Å². The number of para-hydroxylation sites is 2. The molecule has 2 aliphatic rings. The molecular formula is C25H31N3O5S. The van der Waals surface area contributed by atoms with Gasteiger partial charge in [0.2, 0.25) is 5.75 Å². The normalized spacial score (nSPS) is 18.7. The third-order valence-corrected chi connectivity index (χ3v) is 7.55. The standard InChI is InChI=1S/C25H31N3O5S/c1-29-21-17(20-24(34-25(26)27-20)23(31-3)22(21)30-2)12-15-8-10-28(11-9-15)13-16-14-32-18-6-4-5-7-19(18)33-16/h4-7,15-16H,8-14H2,1-3H3,(H2,26,27). The summed E-state index contributed by atoms with van der Waals surface area (Å²) in [6.45, 7) is 3.49. The minimum Gasteiger partial charge on any atom is -0.492 e. The third-order valence-electron chi connectivity index (χ3n) is 6.66. The van der Waals surface area contributed by atoms with E-state index in [4.69, 9.17) is 29.4 Å². The first kappa shape index (κ1) is 22.9. The fourth-order valence-corrected chi connectivity index (χ4v) is 5.91. The Morgan fingerprint density at radius 2 is 1.74 bits per heavy atom. The van der Waals surface area contributed by atoms with Gasteiger partial charge in [0.15, 0.2) is 28.1 Å². The second-order valence-corrected chi connectivity index (χ2v) is 9.78. The number of likely N-dealkylation sites (tertiary alicyclic amines) is 1. The number of hydrogen-bond acceptors (Lipinski definition) is 9. The molecule has 9 heteroatoms. The predicted molar refractivity (Wildman–Crippen MR) is 133 cm³/mol. The van der Waals surface area contributed by atoms with E-state index < -0.39 is 0 Å². The van der Waals surface area contributed by atoms with Gasteiger partial charge in [-0.25, -0.2) is 4.98 Å². The SMILES string of the molecule is COc1c(OC)c(OC)c2sc(N)nc2c1CC1CCN(CC2COc3ccccc3O2)CC1. The van der Waals surface area contributed by atoms with Crippen LogP contribution in [0.4, 0.5) is 5.13 Å². The number of fused-ring (bicyclic) bond motifs is 2. The molecule has 1 unspecified atom stereocenters. The van der Waals surface area contributed by atoms with E-state index in [1.165, 1.54) is 11.3 Å². The molecule has 1 saturated heterocycles. The van der Waals surface area contributed by atoms with E-state index in [1.54, 1.807) is 21.3 Å². The van der Waals surface area contributed by atoms with Crippen molar-refractivity contribution in [2.75, 3.05) is 53.3 Å². The molecular weight excluding hydrogens is 454 g/mol. The first-order valence-electron chi connectivity index (χ1n) is 11.6. The Morgan fingerprint density at radius 1 is 1.03 bits per heavy atom. The van der Waals surface area contributed by atoms with Gasteiger partial charge in [-0.15, -0.1) is 0 Å². The number of thiazole rings is 1. The van der Waals surface area contributed by atoms with E-state index in [1.807, 2.05) is 24.3 Å². The fourth-order valence-electron chi connectivity index (χ4n) is 5.02. The van der Waals surface area contributed by atoms with E-state index in [9.17, 15) is 0 Å². The Balaban J connectivity index is 1.27. The first-order chi connectivity index (χ1) is 16.6. The lowest BCUT2D eigenvalue weighted by molar-refractivity contribution is 0.0478. The Kier molecular flexibility index (Phi) is 6.56. The monoisotopic (exact) mass is 485 g/mol. The Labute approximate surface area is 203 Å². The van der Waals surface area contributed by atoms with E-state index in [0.29, 0.717) is 34.9 Å². The van der Waals surface area contributed by atoms with Gasteiger partial charge in [-0.3, -0.25) is 4.90 Å². The molecule has 0 bridgehead atoms. The molecule has 1 aromatic heterocycles. The third kappa shape index (κ3) is 4.30. The quantitative estimate of drug-likeness (QED) is 0.537. The van der Waals surface area contributed by atoms with Gasteiger partial charge in [-0.1, -0.05) is 23.5 Å². The second kappa shape index (κ2) is 9.76. The van der Waals surface area contributed by atoms with Gasteiger partial charge >= 0.3 is 0 Å². The molecule has 0 radical (unpaired) electrons. The van der Waals surface area contributed by atoms with Crippen molar-refractivity contribution in [3.63, 3.8) is 0 Å². The van der Waals surface area contributed by atoms with Crippen LogP contribution in [0.2, 0.25) is 0 Å². The van der Waals surface area contributed by atoms with Gasteiger partial charge in [-0.05, 0) is 50.4 Å². The number of nitrogens with two attached hydrogens (primary N) is 1. The molecule has 2 N–H and O–H groups in total. The molecule has 2 aromatic carbocycles. The fraction of sp³-hybridized carbons (Fsp3) is 0.480. The van der Waals surface area contributed by atoms with Crippen molar-refractivity contribution in [1.29, 1.82) is 0 Å². The van der Waals surface area contributed by atoms with Gasteiger partial charge in [0, 0.05) is 12.1 Å². The lowest BCUT2D eigenvalue weighted by Gasteiger charge is -2.35. The smallest absolute Gasteiger partial charge is 0.205 e. The van der Waals surface area contributed by atoms with E-state index in [-0.39, 0.29) is 6.10 Å². The van der Waals surface area contributed by atoms with Crippen molar-refractivity contribution in [1.82, 2.24) is 9.88 Å². The Morgan fingerprint density at radius 3 is 2.44 bits per heavy atom. The highest BCUT2D eigenvalue weighted by atomic mass is 32.1. The first-order valence-corrected chi connectivity index (χ1v) is 12.4. The van der Waals surface area contributed by atoms with Crippen LogP contribution in [0.15, 0.2) is 24.3 Å². The molecule has 0 spiro atoms. The number of nitrogen functional groups attached to an aromatic ring is 1. The average molecular weight is 486 g/mol. The highest BCUT2D eigenvalue weighted by Gasteiger charge is 2.30. The van der Waals surface area contributed by atoms with Gasteiger partial charge < -0.3 is 29.4 Å². The largest absolute Gasteiger partial charge is 0.492 e. The highest BCUT2D eigenvalue weighted by Crippen LogP contribution is 2.50. The van der Waals surface area contributed by atoms with Crippen molar-refractivity contribution >= 4 is 26.7 Å². The molecule has 8 nitrogen and oxygen atoms in total. The van der Waals surface area contributed by atoms with Crippen LogP contribution in [-0.2, 0) is 6.42 Å². The summed E-state index contributed by atoms with van der Waals surface area (Å²) in [4.78, 5) is 7.09. The summed E-state index contributed by atoms with van der Waals surface area (Å²) >= 11 is 1.42. The molecule has 5 rings (SSSR count). The second-order valence-electron chi connectivity index (χ2n) is 8.75. The zero-order valence-corrected chi connectivity index (χ0v) is 20.7. The molecule has 0 amide bonds. The number of anilines is 1. The summed E-state index contributed by atoms with van der Waals surface area (Å²) in [5.41, 5.74) is 7.97. The Hall–Kier alpha value is -2.91. The maximum Gasteiger partial charge on any atom is 0.205 e. The molecule has 34 heavy (non-hydrogen) atoms. The molecule has 182 valence electrons. The summed E-state index contributed by atoms with van der Waals surface area (Å²) in [6.07, 6.45) is 3.08. The summed E-state index contributed by atoms with van der Waals surface area (Å²) < 4.78 is 30.1.